The van der Waals surface area contributed by atoms with Gasteiger partial charge in [-0.2, -0.15) is 0 Å². The van der Waals surface area contributed by atoms with Gasteiger partial charge in [0.1, 0.15) is 5.82 Å². The van der Waals surface area contributed by atoms with Gasteiger partial charge in [-0.15, -0.1) is 0 Å². The van der Waals surface area contributed by atoms with Crippen LogP contribution >= 0.6 is 0 Å². The number of benzene rings is 2. The summed E-state index contributed by atoms with van der Waals surface area (Å²) >= 11 is 0. The molecule has 6 heteroatoms. The molecular weight excluding hydrogens is 318 g/mol. The lowest BCUT2D eigenvalue weighted by atomic mass is 10.00. The van der Waals surface area contributed by atoms with E-state index < -0.39 is 5.97 Å². The zero-order valence-corrected chi connectivity index (χ0v) is 13.9. The topological polar surface area (TPSA) is 94.3 Å². The van der Waals surface area contributed by atoms with E-state index in [-0.39, 0.29) is 23.1 Å². The van der Waals surface area contributed by atoms with Gasteiger partial charge >= 0.3 is 5.97 Å². The van der Waals surface area contributed by atoms with Gasteiger partial charge in [0.15, 0.2) is 5.69 Å². The summed E-state index contributed by atoms with van der Waals surface area (Å²) < 4.78 is 4.70. The molecule has 0 aliphatic rings. The Balaban J connectivity index is 2.02. The Morgan fingerprint density at radius 1 is 1.04 bits per heavy atom. The van der Waals surface area contributed by atoms with Crippen molar-refractivity contribution in [2.75, 3.05) is 18.2 Å². The van der Waals surface area contributed by atoms with Crippen LogP contribution < -0.4 is 11.1 Å². The lowest BCUT2D eigenvalue weighted by molar-refractivity contribution is 0.0595. The van der Waals surface area contributed by atoms with Crippen molar-refractivity contribution in [1.82, 2.24) is 4.98 Å². The molecular formula is C19H17N3O3. The van der Waals surface area contributed by atoms with Crippen LogP contribution in [0.4, 0.5) is 11.5 Å². The van der Waals surface area contributed by atoms with Crippen LogP contribution in [-0.2, 0) is 4.74 Å². The Kier molecular flexibility index (Phi) is 4.35. The summed E-state index contributed by atoms with van der Waals surface area (Å²) in [7, 11) is 1.24. The minimum Gasteiger partial charge on any atom is -0.464 e. The van der Waals surface area contributed by atoms with Crippen LogP contribution in [-0.4, -0.2) is 24.0 Å². The lowest BCUT2D eigenvalue weighted by Gasteiger charge is -2.12. The van der Waals surface area contributed by atoms with Crippen molar-refractivity contribution in [1.29, 1.82) is 0 Å². The van der Waals surface area contributed by atoms with Crippen LogP contribution in [0.5, 0.6) is 0 Å². The normalized spacial score (nSPS) is 10.5. The summed E-state index contributed by atoms with van der Waals surface area (Å²) in [5.41, 5.74) is 7.42. The Labute approximate surface area is 144 Å². The molecule has 0 radical (unpaired) electrons. The van der Waals surface area contributed by atoms with Crippen molar-refractivity contribution in [2.45, 2.75) is 6.92 Å². The van der Waals surface area contributed by atoms with Gasteiger partial charge in [0.05, 0.1) is 12.8 Å². The molecule has 126 valence electrons. The Morgan fingerprint density at radius 2 is 1.76 bits per heavy atom. The molecule has 3 aromatic rings. The lowest BCUT2D eigenvalue weighted by Crippen LogP contribution is -2.17. The van der Waals surface area contributed by atoms with Crippen LogP contribution in [0.2, 0.25) is 0 Å². The molecule has 0 spiro atoms. The van der Waals surface area contributed by atoms with Crippen molar-refractivity contribution in [3.8, 4) is 0 Å². The minimum absolute atomic E-state index is 0.0349. The van der Waals surface area contributed by atoms with Crippen molar-refractivity contribution >= 4 is 34.2 Å². The van der Waals surface area contributed by atoms with Crippen LogP contribution in [0.1, 0.15) is 26.4 Å². The maximum Gasteiger partial charge on any atom is 0.358 e. The molecule has 0 fully saturated rings. The fourth-order valence-electron chi connectivity index (χ4n) is 2.66. The Hall–Kier alpha value is -3.41. The molecule has 25 heavy (non-hydrogen) atoms. The first-order chi connectivity index (χ1) is 12.0. The highest BCUT2D eigenvalue weighted by molar-refractivity contribution is 6.14. The number of esters is 1. The SMILES string of the molecule is COC(=O)c1nc(N)ccc1NC(=O)c1ccc(C)c2ccccc12. The molecule has 1 heterocycles. The average Bonchev–Trinajstić information content (AvgIpc) is 2.63. The maximum absolute atomic E-state index is 12.8. The first-order valence-corrected chi connectivity index (χ1v) is 7.66. The number of ether oxygens (including phenoxy) is 1. The molecule has 0 saturated heterocycles. The quantitative estimate of drug-likeness (QED) is 0.717. The molecule has 0 bridgehead atoms. The average molecular weight is 335 g/mol. The number of anilines is 2. The number of aromatic nitrogens is 1. The van der Waals surface area contributed by atoms with Gasteiger partial charge < -0.3 is 15.8 Å². The summed E-state index contributed by atoms with van der Waals surface area (Å²) in [6.07, 6.45) is 0. The van der Waals surface area contributed by atoms with Gasteiger partial charge in [0.2, 0.25) is 0 Å². The summed E-state index contributed by atoms with van der Waals surface area (Å²) in [5, 5.41) is 4.56. The van der Waals surface area contributed by atoms with Crippen molar-refractivity contribution < 1.29 is 14.3 Å². The van der Waals surface area contributed by atoms with Crippen molar-refractivity contribution in [3.63, 3.8) is 0 Å². The number of hydrogen-bond donors (Lipinski definition) is 2. The predicted octanol–water partition coefficient (Wildman–Crippen LogP) is 3.16. The summed E-state index contributed by atoms with van der Waals surface area (Å²) in [6.45, 7) is 1.99. The van der Waals surface area contributed by atoms with E-state index in [9.17, 15) is 9.59 Å². The molecule has 0 aliphatic carbocycles. The van der Waals surface area contributed by atoms with Crippen LogP contribution in [0, 0.1) is 6.92 Å². The fraction of sp³-hybridized carbons (Fsp3) is 0.105. The second-order valence-electron chi connectivity index (χ2n) is 5.55. The van der Waals surface area contributed by atoms with Gasteiger partial charge in [-0.3, -0.25) is 4.79 Å². The van der Waals surface area contributed by atoms with Gasteiger partial charge in [-0.25, -0.2) is 9.78 Å². The highest BCUT2D eigenvalue weighted by atomic mass is 16.5. The fourth-order valence-corrected chi connectivity index (χ4v) is 2.66. The molecule has 1 amide bonds. The molecule has 3 N–H and O–H groups in total. The monoisotopic (exact) mass is 335 g/mol. The third kappa shape index (κ3) is 3.14. The number of carbonyl (C=O) groups is 2. The van der Waals surface area contributed by atoms with Gasteiger partial charge in [0, 0.05) is 5.56 Å². The molecule has 0 aliphatic heterocycles. The molecule has 6 nitrogen and oxygen atoms in total. The van der Waals surface area contributed by atoms with E-state index >= 15 is 0 Å². The van der Waals surface area contributed by atoms with E-state index in [0.29, 0.717) is 5.56 Å². The van der Waals surface area contributed by atoms with Crippen LogP contribution in [0.3, 0.4) is 0 Å². The molecule has 0 saturated carbocycles. The standard InChI is InChI=1S/C19H17N3O3/c1-11-7-8-14(13-6-4-3-5-12(11)13)18(23)21-15-9-10-16(20)22-17(15)19(24)25-2/h3-10H,1-2H3,(H2,20,22)(H,21,23). The number of pyridine rings is 1. The number of rotatable bonds is 3. The second kappa shape index (κ2) is 6.60. The Bertz CT molecular complexity index is 983. The summed E-state index contributed by atoms with van der Waals surface area (Å²) in [5.74, 6) is -0.844. The highest BCUT2D eigenvalue weighted by Crippen LogP contribution is 2.24. The smallest absolute Gasteiger partial charge is 0.358 e. The molecule has 1 aromatic heterocycles. The number of nitrogens with one attached hydrogen (secondary N) is 1. The van der Waals surface area contributed by atoms with Crippen LogP contribution in [0.25, 0.3) is 10.8 Å². The highest BCUT2D eigenvalue weighted by Gasteiger charge is 2.18. The van der Waals surface area contributed by atoms with E-state index in [1.807, 2.05) is 37.3 Å². The first-order valence-electron chi connectivity index (χ1n) is 7.66. The zero-order valence-electron chi connectivity index (χ0n) is 13.9. The zero-order chi connectivity index (χ0) is 18.0. The predicted molar refractivity (Wildman–Crippen MR) is 96.6 cm³/mol. The Morgan fingerprint density at radius 3 is 2.48 bits per heavy atom. The molecule has 3 rings (SSSR count). The number of amides is 1. The van der Waals surface area contributed by atoms with E-state index in [2.05, 4.69) is 10.3 Å². The first kappa shape index (κ1) is 16.4. The largest absolute Gasteiger partial charge is 0.464 e. The van der Waals surface area contributed by atoms with E-state index in [0.717, 1.165) is 16.3 Å². The number of carbonyl (C=O) groups excluding carboxylic acids is 2. The third-order valence-electron chi connectivity index (χ3n) is 3.93. The van der Waals surface area contributed by atoms with Gasteiger partial charge in [0.25, 0.3) is 5.91 Å². The van der Waals surface area contributed by atoms with Crippen LogP contribution in [0.15, 0.2) is 48.5 Å². The molecule has 0 unspecified atom stereocenters. The van der Waals surface area contributed by atoms with E-state index in [1.54, 1.807) is 6.07 Å². The van der Waals surface area contributed by atoms with Gasteiger partial charge in [-0.05, 0) is 41.5 Å². The number of nitrogens with two attached hydrogens (primary N) is 1. The van der Waals surface area contributed by atoms with Crippen molar-refractivity contribution in [2.24, 2.45) is 0 Å². The van der Waals surface area contributed by atoms with E-state index in [1.165, 1.54) is 19.2 Å². The second-order valence-corrected chi connectivity index (χ2v) is 5.55. The number of fused-ring (bicyclic) bond motifs is 1. The minimum atomic E-state index is -0.670. The van der Waals surface area contributed by atoms with Gasteiger partial charge in [-0.1, -0.05) is 30.3 Å². The number of aryl methyl sites for hydroxylation is 1. The molecule has 2 aromatic carbocycles. The van der Waals surface area contributed by atoms with Crippen molar-refractivity contribution in [3.05, 3.63) is 65.4 Å². The molecule has 0 atom stereocenters. The number of nitrogens with zero attached hydrogens (tertiary/aromatic N) is 1. The summed E-state index contributed by atoms with van der Waals surface area (Å²) in [4.78, 5) is 28.6. The number of hydrogen-bond acceptors (Lipinski definition) is 5. The maximum atomic E-state index is 12.8. The number of methoxy groups -OCH3 is 1. The number of nitrogen functional groups attached to an aromatic ring is 1. The third-order valence-corrected chi connectivity index (χ3v) is 3.93. The summed E-state index contributed by atoms with van der Waals surface area (Å²) in [6, 6.07) is 14.3. The van der Waals surface area contributed by atoms with E-state index in [4.69, 9.17) is 10.5 Å².